The van der Waals surface area contributed by atoms with Gasteiger partial charge in [0, 0.05) is 6.42 Å². The van der Waals surface area contributed by atoms with Crippen molar-refractivity contribution in [2.75, 3.05) is 13.1 Å². The first-order chi connectivity index (χ1) is 5.08. The third-order valence-corrected chi connectivity index (χ3v) is 1.98. The van der Waals surface area contributed by atoms with Crippen molar-refractivity contribution in [3.63, 3.8) is 0 Å². The Bertz CT molecular complexity index is 115. The fourth-order valence-corrected chi connectivity index (χ4v) is 1.41. The van der Waals surface area contributed by atoms with E-state index in [0.717, 1.165) is 13.1 Å². The molecule has 0 aliphatic carbocycles. The molecule has 1 rings (SSSR count). The normalized spacial score (nSPS) is 22.1. The molecule has 0 radical (unpaired) electrons. The fourth-order valence-electron chi connectivity index (χ4n) is 1.41. The molecule has 1 aliphatic rings. The molecule has 0 unspecified atom stereocenters. The average molecular weight is 167 g/mol. The highest BCUT2D eigenvalue weighted by Gasteiger charge is 2.32. The van der Waals surface area contributed by atoms with Crippen molar-refractivity contribution in [2.24, 2.45) is 5.92 Å². The topological polar surface area (TPSA) is 12.0 Å². The number of hydrogen-bond donors (Lipinski definition) is 1. The summed E-state index contributed by atoms with van der Waals surface area (Å²) < 4.78 is 35.5. The summed E-state index contributed by atoms with van der Waals surface area (Å²) in [6, 6.07) is 0. The van der Waals surface area contributed by atoms with Crippen molar-refractivity contribution in [2.45, 2.75) is 25.4 Å². The summed E-state index contributed by atoms with van der Waals surface area (Å²) in [5.41, 5.74) is 0. The van der Waals surface area contributed by atoms with Gasteiger partial charge in [-0.15, -0.1) is 0 Å². The van der Waals surface area contributed by atoms with Crippen molar-refractivity contribution >= 4 is 0 Å². The minimum Gasteiger partial charge on any atom is -0.317 e. The van der Waals surface area contributed by atoms with Crippen LogP contribution in [0.4, 0.5) is 13.2 Å². The lowest BCUT2D eigenvalue weighted by Gasteiger charge is -2.23. The van der Waals surface area contributed by atoms with Crippen molar-refractivity contribution < 1.29 is 13.2 Å². The van der Waals surface area contributed by atoms with Crippen LogP contribution >= 0.6 is 0 Å². The summed E-state index contributed by atoms with van der Waals surface area (Å²) in [6.45, 7) is 1.47. The second-order valence-corrected chi connectivity index (χ2v) is 3.01. The molecule has 0 bridgehead atoms. The van der Waals surface area contributed by atoms with Gasteiger partial charge in [-0.1, -0.05) is 0 Å². The number of halogens is 3. The Morgan fingerprint density at radius 2 is 1.73 bits per heavy atom. The molecule has 0 atom stereocenters. The van der Waals surface area contributed by atoms with Crippen molar-refractivity contribution in [3.05, 3.63) is 0 Å². The van der Waals surface area contributed by atoms with E-state index in [1.807, 2.05) is 0 Å². The van der Waals surface area contributed by atoms with Crippen molar-refractivity contribution in [3.8, 4) is 0 Å². The summed E-state index contributed by atoms with van der Waals surface area (Å²) in [5, 5.41) is 3.03. The molecule has 66 valence electrons. The molecule has 0 amide bonds. The lowest BCUT2D eigenvalue weighted by atomic mass is 9.94. The van der Waals surface area contributed by atoms with Gasteiger partial charge in [0.1, 0.15) is 0 Å². The van der Waals surface area contributed by atoms with Crippen LogP contribution in [0.1, 0.15) is 19.3 Å². The fraction of sp³-hybridized carbons (Fsp3) is 1.00. The highest BCUT2D eigenvalue weighted by molar-refractivity contribution is 4.70. The number of nitrogens with one attached hydrogen (secondary N) is 1. The SMILES string of the molecule is FC(F)(F)CC1CCNCC1. The molecule has 1 saturated heterocycles. The zero-order valence-electron chi connectivity index (χ0n) is 6.25. The van der Waals surface area contributed by atoms with Gasteiger partial charge in [0.2, 0.25) is 0 Å². The zero-order chi connectivity index (χ0) is 8.32. The Hall–Kier alpha value is -0.250. The van der Waals surface area contributed by atoms with E-state index in [9.17, 15) is 13.2 Å². The molecule has 0 aromatic carbocycles. The van der Waals surface area contributed by atoms with E-state index in [0.29, 0.717) is 12.8 Å². The maximum atomic E-state index is 11.8. The third-order valence-electron chi connectivity index (χ3n) is 1.98. The number of alkyl halides is 3. The molecular weight excluding hydrogens is 155 g/mol. The zero-order valence-corrected chi connectivity index (χ0v) is 6.25. The predicted octanol–water partition coefficient (Wildman–Crippen LogP) is 1.94. The average Bonchev–Trinajstić information content (AvgIpc) is 1.85. The largest absolute Gasteiger partial charge is 0.389 e. The standard InChI is InChI=1S/C7H12F3N/c8-7(9,10)5-6-1-3-11-4-2-6/h6,11H,1-5H2. The van der Waals surface area contributed by atoms with Gasteiger partial charge in [-0.05, 0) is 31.8 Å². The van der Waals surface area contributed by atoms with Gasteiger partial charge in [0.15, 0.2) is 0 Å². The lowest BCUT2D eigenvalue weighted by Crippen LogP contribution is -2.30. The predicted molar refractivity (Wildman–Crippen MR) is 36.3 cm³/mol. The number of piperidine rings is 1. The molecule has 0 saturated carbocycles. The smallest absolute Gasteiger partial charge is 0.317 e. The quantitative estimate of drug-likeness (QED) is 0.629. The van der Waals surface area contributed by atoms with E-state index in [-0.39, 0.29) is 5.92 Å². The molecule has 1 aliphatic heterocycles. The van der Waals surface area contributed by atoms with Crippen molar-refractivity contribution in [1.82, 2.24) is 5.32 Å². The lowest BCUT2D eigenvalue weighted by molar-refractivity contribution is -0.146. The van der Waals surface area contributed by atoms with E-state index in [4.69, 9.17) is 0 Å². The third kappa shape index (κ3) is 3.60. The first kappa shape index (κ1) is 8.84. The van der Waals surface area contributed by atoms with E-state index in [1.165, 1.54) is 0 Å². The minimum atomic E-state index is -3.97. The molecule has 11 heavy (non-hydrogen) atoms. The van der Waals surface area contributed by atoms with E-state index < -0.39 is 12.6 Å². The summed E-state index contributed by atoms with van der Waals surface area (Å²) in [6.07, 6.45) is -3.24. The van der Waals surface area contributed by atoms with Gasteiger partial charge >= 0.3 is 6.18 Å². The highest BCUT2D eigenvalue weighted by atomic mass is 19.4. The van der Waals surface area contributed by atoms with Crippen LogP contribution in [0.5, 0.6) is 0 Å². The van der Waals surface area contributed by atoms with Crippen LogP contribution in [0.15, 0.2) is 0 Å². The molecule has 0 spiro atoms. The van der Waals surface area contributed by atoms with Crippen LogP contribution in [-0.2, 0) is 0 Å². The summed E-state index contributed by atoms with van der Waals surface area (Å²) in [5.74, 6) is -0.142. The first-order valence-electron chi connectivity index (χ1n) is 3.85. The molecule has 1 heterocycles. The molecular formula is C7H12F3N. The summed E-state index contributed by atoms with van der Waals surface area (Å²) >= 11 is 0. The molecule has 4 heteroatoms. The van der Waals surface area contributed by atoms with E-state index in [1.54, 1.807) is 0 Å². The first-order valence-corrected chi connectivity index (χ1v) is 3.85. The molecule has 1 N–H and O–H groups in total. The van der Waals surface area contributed by atoms with Gasteiger partial charge < -0.3 is 5.32 Å². The Labute approximate surface area is 64.0 Å². The highest BCUT2D eigenvalue weighted by Crippen LogP contribution is 2.28. The Morgan fingerprint density at radius 1 is 1.18 bits per heavy atom. The Morgan fingerprint density at radius 3 is 2.18 bits per heavy atom. The Balaban J connectivity index is 2.24. The second-order valence-electron chi connectivity index (χ2n) is 3.01. The summed E-state index contributed by atoms with van der Waals surface area (Å²) in [7, 11) is 0. The maximum Gasteiger partial charge on any atom is 0.389 e. The van der Waals surface area contributed by atoms with Gasteiger partial charge in [-0.2, -0.15) is 13.2 Å². The minimum absolute atomic E-state index is 0.142. The number of rotatable bonds is 1. The molecule has 1 nitrogen and oxygen atoms in total. The van der Waals surface area contributed by atoms with Crippen molar-refractivity contribution in [1.29, 1.82) is 0 Å². The van der Waals surface area contributed by atoms with Crippen LogP contribution in [0.25, 0.3) is 0 Å². The monoisotopic (exact) mass is 167 g/mol. The Kier molecular flexibility index (Phi) is 2.76. The van der Waals surface area contributed by atoms with E-state index >= 15 is 0 Å². The molecule has 1 fully saturated rings. The maximum absolute atomic E-state index is 11.8. The van der Waals surface area contributed by atoms with Crippen LogP contribution in [-0.4, -0.2) is 19.3 Å². The molecule has 0 aromatic heterocycles. The molecule has 0 aromatic rings. The van der Waals surface area contributed by atoms with Crippen LogP contribution in [0.3, 0.4) is 0 Å². The van der Waals surface area contributed by atoms with Crippen LogP contribution in [0.2, 0.25) is 0 Å². The van der Waals surface area contributed by atoms with Gasteiger partial charge in [0.05, 0.1) is 0 Å². The van der Waals surface area contributed by atoms with Gasteiger partial charge in [-0.25, -0.2) is 0 Å². The van der Waals surface area contributed by atoms with Gasteiger partial charge in [0.25, 0.3) is 0 Å². The summed E-state index contributed by atoms with van der Waals surface area (Å²) in [4.78, 5) is 0. The number of hydrogen-bond acceptors (Lipinski definition) is 1. The van der Waals surface area contributed by atoms with Crippen LogP contribution < -0.4 is 5.32 Å². The van der Waals surface area contributed by atoms with Crippen LogP contribution in [0, 0.1) is 5.92 Å². The van der Waals surface area contributed by atoms with Gasteiger partial charge in [-0.3, -0.25) is 0 Å². The van der Waals surface area contributed by atoms with E-state index in [2.05, 4.69) is 5.32 Å². The second kappa shape index (κ2) is 3.43.